The van der Waals surface area contributed by atoms with Crippen molar-refractivity contribution in [3.63, 3.8) is 0 Å². The van der Waals surface area contributed by atoms with E-state index in [1.807, 2.05) is 36.4 Å². The summed E-state index contributed by atoms with van der Waals surface area (Å²) in [5.41, 5.74) is 1.40. The Kier molecular flexibility index (Phi) is 6.96. The number of aromatic nitrogens is 2. The van der Waals surface area contributed by atoms with Crippen molar-refractivity contribution in [1.29, 1.82) is 0 Å². The van der Waals surface area contributed by atoms with E-state index in [0.717, 1.165) is 5.69 Å². The second-order valence-corrected chi connectivity index (χ2v) is 14.6. The summed E-state index contributed by atoms with van der Waals surface area (Å²) < 4.78 is 13.6. The van der Waals surface area contributed by atoms with Crippen LogP contribution in [0.15, 0.2) is 36.4 Å². The van der Waals surface area contributed by atoms with Crippen LogP contribution in [-0.2, 0) is 16.4 Å². The van der Waals surface area contributed by atoms with Crippen molar-refractivity contribution in [2.45, 2.75) is 71.6 Å². The quantitative estimate of drug-likeness (QED) is 0.602. The Bertz CT molecular complexity index is 818. The minimum atomic E-state index is -1.85. The van der Waals surface area contributed by atoms with Crippen LogP contribution >= 0.6 is 0 Å². The van der Waals surface area contributed by atoms with Crippen LogP contribution in [0.3, 0.4) is 0 Å². The Morgan fingerprint density at radius 3 is 2.28 bits per heavy atom. The Morgan fingerprint density at radius 2 is 1.72 bits per heavy atom. The first-order chi connectivity index (χ1) is 13.3. The van der Waals surface area contributed by atoms with E-state index in [4.69, 9.17) is 9.16 Å². The third-order valence-electron chi connectivity index (χ3n) is 5.30. The normalized spacial score (nSPS) is 12.7. The van der Waals surface area contributed by atoms with Crippen LogP contribution in [0, 0.1) is 0 Å². The smallest absolute Gasteiger partial charge is 0.415 e. The van der Waals surface area contributed by atoms with Gasteiger partial charge in [-0.05, 0) is 30.3 Å². The molecule has 0 aliphatic rings. The molecule has 1 aromatic carbocycles. The average molecular weight is 418 g/mol. The highest BCUT2D eigenvalue weighted by Crippen LogP contribution is 2.36. The number of nitrogens with one attached hydrogen (secondary N) is 1. The molecule has 0 unspecified atom stereocenters. The van der Waals surface area contributed by atoms with Crippen molar-refractivity contribution < 1.29 is 14.0 Å². The van der Waals surface area contributed by atoms with Crippen molar-refractivity contribution in [2.24, 2.45) is 0 Å². The fourth-order valence-electron chi connectivity index (χ4n) is 2.37. The maximum absolute atomic E-state index is 12.4. The molecule has 1 heterocycles. The molecular formula is C22H35N3O3Si. The molecule has 0 bridgehead atoms. The Morgan fingerprint density at radius 1 is 1.10 bits per heavy atom. The molecule has 1 amide bonds. The van der Waals surface area contributed by atoms with Gasteiger partial charge in [0.25, 0.3) is 0 Å². The Labute approximate surface area is 175 Å². The van der Waals surface area contributed by atoms with Gasteiger partial charge in [-0.25, -0.2) is 9.48 Å². The summed E-state index contributed by atoms with van der Waals surface area (Å²) in [6, 6.07) is 11.1. The van der Waals surface area contributed by atoms with Crippen molar-refractivity contribution in [2.75, 3.05) is 11.9 Å². The number of anilines is 1. The number of para-hydroxylation sites is 1. The van der Waals surface area contributed by atoms with Gasteiger partial charge in [-0.15, -0.1) is 0 Å². The van der Waals surface area contributed by atoms with E-state index < -0.39 is 14.4 Å². The number of carbonyl (C=O) groups is 1. The maximum atomic E-state index is 12.4. The lowest BCUT2D eigenvalue weighted by Gasteiger charge is -2.36. The topological polar surface area (TPSA) is 65.4 Å². The second kappa shape index (κ2) is 8.71. The van der Waals surface area contributed by atoms with Crippen LogP contribution < -0.4 is 10.1 Å². The van der Waals surface area contributed by atoms with E-state index in [-0.39, 0.29) is 10.5 Å². The number of ether oxygens (including phenoxy) is 1. The first-order valence-electron chi connectivity index (χ1n) is 10.1. The van der Waals surface area contributed by atoms with E-state index in [1.54, 1.807) is 4.68 Å². The van der Waals surface area contributed by atoms with E-state index in [9.17, 15) is 4.79 Å². The van der Waals surface area contributed by atoms with Gasteiger partial charge in [0.2, 0.25) is 5.88 Å². The van der Waals surface area contributed by atoms with Crippen LogP contribution in [0.1, 0.15) is 47.2 Å². The zero-order valence-corrected chi connectivity index (χ0v) is 20.0. The SMILES string of the molecule is CC(C)(C)c1cc(OC(=O)Nc2ccccc2)n(CCO[Si](C)(C)C(C)(C)C)n1. The highest BCUT2D eigenvalue weighted by Gasteiger charge is 2.37. The zero-order valence-electron chi connectivity index (χ0n) is 19.0. The summed E-state index contributed by atoms with van der Waals surface area (Å²) in [7, 11) is -1.85. The number of benzene rings is 1. The largest absolute Gasteiger partial charge is 0.418 e. The van der Waals surface area contributed by atoms with Gasteiger partial charge in [0.15, 0.2) is 8.32 Å². The highest BCUT2D eigenvalue weighted by molar-refractivity contribution is 6.74. The van der Waals surface area contributed by atoms with Crippen molar-refractivity contribution >= 4 is 20.1 Å². The van der Waals surface area contributed by atoms with Gasteiger partial charge in [-0.1, -0.05) is 59.7 Å². The van der Waals surface area contributed by atoms with Crippen LogP contribution in [-0.4, -0.2) is 30.8 Å². The first-order valence-corrected chi connectivity index (χ1v) is 13.0. The van der Waals surface area contributed by atoms with Crippen LogP contribution in [0.25, 0.3) is 0 Å². The Hall–Kier alpha value is -2.12. The lowest BCUT2D eigenvalue weighted by atomic mass is 9.93. The average Bonchev–Trinajstić information content (AvgIpc) is 2.97. The molecule has 0 spiro atoms. The van der Waals surface area contributed by atoms with Gasteiger partial charge in [0.1, 0.15) is 0 Å². The number of hydrogen-bond acceptors (Lipinski definition) is 4. The molecule has 1 aromatic heterocycles. The predicted molar refractivity (Wildman–Crippen MR) is 120 cm³/mol. The summed E-state index contributed by atoms with van der Waals surface area (Å²) in [6.07, 6.45) is -0.539. The van der Waals surface area contributed by atoms with E-state index in [1.165, 1.54) is 0 Å². The summed E-state index contributed by atoms with van der Waals surface area (Å²) in [5, 5.41) is 7.55. The molecule has 0 aliphatic carbocycles. The van der Waals surface area contributed by atoms with Crippen molar-refractivity contribution in [3.05, 3.63) is 42.1 Å². The van der Waals surface area contributed by atoms with E-state index in [0.29, 0.717) is 24.7 Å². The third kappa shape index (κ3) is 6.44. The van der Waals surface area contributed by atoms with Crippen molar-refractivity contribution in [3.8, 4) is 5.88 Å². The fraction of sp³-hybridized carbons (Fsp3) is 0.545. The molecule has 6 nitrogen and oxygen atoms in total. The number of nitrogens with zero attached hydrogens (tertiary/aromatic N) is 2. The van der Waals surface area contributed by atoms with Crippen molar-refractivity contribution in [1.82, 2.24) is 9.78 Å². The molecule has 0 saturated carbocycles. The lowest BCUT2D eigenvalue weighted by Crippen LogP contribution is -2.41. The molecule has 160 valence electrons. The predicted octanol–water partition coefficient (Wildman–Crippen LogP) is 5.81. The summed E-state index contributed by atoms with van der Waals surface area (Å²) >= 11 is 0. The van der Waals surface area contributed by atoms with Gasteiger partial charge >= 0.3 is 6.09 Å². The van der Waals surface area contributed by atoms with Gasteiger partial charge in [-0.2, -0.15) is 5.10 Å². The van der Waals surface area contributed by atoms with Gasteiger partial charge in [0.05, 0.1) is 18.8 Å². The zero-order chi connectivity index (χ0) is 21.9. The molecule has 0 fully saturated rings. The first kappa shape index (κ1) is 23.2. The van der Waals surface area contributed by atoms with Gasteiger partial charge in [0, 0.05) is 17.2 Å². The molecule has 2 aromatic rings. The minimum absolute atomic E-state index is 0.141. The lowest BCUT2D eigenvalue weighted by molar-refractivity contribution is 0.206. The number of carbonyl (C=O) groups excluding carboxylic acids is 1. The summed E-state index contributed by atoms with van der Waals surface area (Å²) in [5.74, 6) is 0.419. The minimum Gasteiger partial charge on any atom is -0.415 e. The fourth-order valence-corrected chi connectivity index (χ4v) is 3.41. The Balaban J connectivity index is 2.12. The molecular weight excluding hydrogens is 382 g/mol. The monoisotopic (exact) mass is 417 g/mol. The highest BCUT2D eigenvalue weighted by atomic mass is 28.4. The van der Waals surface area contributed by atoms with E-state index >= 15 is 0 Å². The molecule has 29 heavy (non-hydrogen) atoms. The van der Waals surface area contributed by atoms with Gasteiger partial charge < -0.3 is 9.16 Å². The third-order valence-corrected chi connectivity index (χ3v) is 9.84. The van der Waals surface area contributed by atoms with Crippen LogP contribution in [0.2, 0.25) is 18.1 Å². The van der Waals surface area contributed by atoms with E-state index in [2.05, 4.69) is 65.1 Å². The van der Waals surface area contributed by atoms with Crippen LogP contribution in [0.5, 0.6) is 5.88 Å². The molecule has 2 rings (SSSR count). The molecule has 0 atom stereocenters. The molecule has 7 heteroatoms. The molecule has 0 saturated heterocycles. The number of hydrogen-bond donors (Lipinski definition) is 1. The number of rotatable bonds is 6. The summed E-state index contributed by atoms with van der Waals surface area (Å²) in [6.45, 7) is 18.4. The van der Waals surface area contributed by atoms with Crippen LogP contribution in [0.4, 0.5) is 10.5 Å². The number of amides is 1. The van der Waals surface area contributed by atoms with Gasteiger partial charge in [-0.3, -0.25) is 5.32 Å². The molecule has 1 N–H and O–H groups in total. The maximum Gasteiger partial charge on any atom is 0.418 e. The standard InChI is InChI=1S/C22H35N3O3Si/c1-21(2,3)18-16-19(28-20(26)23-17-12-10-9-11-13-17)25(24-18)14-15-27-29(7,8)22(4,5)6/h9-13,16H,14-15H2,1-8H3,(H,23,26). The second-order valence-electron chi connectivity index (χ2n) is 9.83. The molecule has 0 aliphatic heterocycles. The summed E-state index contributed by atoms with van der Waals surface area (Å²) in [4.78, 5) is 12.4. The molecule has 0 radical (unpaired) electrons.